The second-order valence-electron chi connectivity index (χ2n) is 5.68. The maximum absolute atomic E-state index is 12.4. The number of hydrogen-bond acceptors (Lipinski definition) is 4. The van der Waals surface area contributed by atoms with Gasteiger partial charge in [-0.05, 0) is 65.3 Å². The number of nitrogens with zero attached hydrogens (tertiary/aromatic N) is 1. The number of nitrogens with one attached hydrogen (secondary N) is 1. The molecule has 1 heterocycles. The van der Waals surface area contributed by atoms with Gasteiger partial charge >= 0.3 is 0 Å². The molecule has 2 aromatic carbocycles. The molecule has 3 rings (SSSR count). The lowest BCUT2D eigenvalue weighted by molar-refractivity contribution is 0.102. The first-order valence-electron chi connectivity index (χ1n) is 8.34. The highest BCUT2D eigenvalue weighted by Gasteiger charge is 2.15. The Morgan fingerprint density at radius 2 is 1.92 bits per heavy atom. The summed E-state index contributed by atoms with van der Waals surface area (Å²) in [6.45, 7) is 5.76. The van der Waals surface area contributed by atoms with Crippen LogP contribution in [0, 0.1) is 0 Å². The number of hydrogen-bond donors (Lipinski definition) is 1. The lowest BCUT2D eigenvalue weighted by atomic mass is 10.2. The maximum atomic E-state index is 12.4. The molecule has 0 unspecified atom stereocenters. The van der Waals surface area contributed by atoms with Gasteiger partial charge in [-0.25, -0.2) is 0 Å². The third-order valence-corrected chi connectivity index (χ3v) is 4.62. The van der Waals surface area contributed by atoms with Gasteiger partial charge in [-0.15, -0.1) is 0 Å². The average molecular weight is 405 g/mol. The zero-order valence-electron chi connectivity index (χ0n) is 14.1. The zero-order chi connectivity index (χ0) is 17.6. The van der Waals surface area contributed by atoms with Crippen LogP contribution in [-0.2, 0) is 4.74 Å². The first-order valence-corrected chi connectivity index (χ1v) is 9.13. The summed E-state index contributed by atoms with van der Waals surface area (Å²) in [7, 11) is 0. The highest BCUT2D eigenvalue weighted by atomic mass is 79.9. The van der Waals surface area contributed by atoms with Crippen LogP contribution in [0.2, 0.25) is 0 Å². The number of amides is 1. The Hall–Kier alpha value is -2.05. The Labute approximate surface area is 156 Å². The SMILES string of the molecule is CCOc1ccc(C(=O)Nc2ccc(N3CCOCC3)c(Br)c2)cc1. The van der Waals surface area contributed by atoms with Crippen LogP contribution in [-0.4, -0.2) is 38.8 Å². The van der Waals surface area contributed by atoms with E-state index in [1.54, 1.807) is 24.3 Å². The fourth-order valence-corrected chi connectivity index (χ4v) is 3.35. The molecule has 6 heteroatoms. The molecule has 0 atom stereocenters. The van der Waals surface area contributed by atoms with E-state index in [9.17, 15) is 4.79 Å². The summed E-state index contributed by atoms with van der Waals surface area (Å²) < 4.78 is 11.7. The number of carbonyl (C=O) groups is 1. The molecule has 0 bridgehead atoms. The van der Waals surface area contributed by atoms with Crippen LogP contribution in [0.1, 0.15) is 17.3 Å². The van der Waals surface area contributed by atoms with Gasteiger partial charge in [-0.1, -0.05) is 0 Å². The van der Waals surface area contributed by atoms with Gasteiger partial charge in [-0.3, -0.25) is 4.79 Å². The van der Waals surface area contributed by atoms with Crippen molar-refractivity contribution in [3.05, 3.63) is 52.5 Å². The molecular weight excluding hydrogens is 384 g/mol. The monoisotopic (exact) mass is 404 g/mol. The molecular formula is C19H21BrN2O3. The van der Waals surface area contributed by atoms with Crippen LogP contribution in [0.3, 0.4) is 0 Å². The number of ether oxygens (including phenoxy) is 2. The molecule has 0 spiro atoms. The summed E-state index contributed by atoms with van der Waals surface area (Å²) in [5, 5.41) is 2.93. The summed E-state index contributed by atoms with van der Waals surface area (Å²) >= 11 is 3.61. The summed E-state index contributed by atoms with van der Waals surface area (Å²) in [5.41, 5.74) is 2.46. The largest absolute Gasteiger partial charge is 0.494 e. The van der Waals surface area contributed by atoms with E-state index in [1.165, 1.54) is 0 Å². The fraction of sp³-hybridized carbons (Fsp3) is 0.316. The third-order valence-electron chi connectivity index (χ3n) is 3.98. The van der Waals surface area contributed by atoms with Crippen molar-refractivity contribution in [3.8, 4) is 5.75 Å². The van der Waals surface area contributed by atoms with E-state index in [2.05, 4.69) is 26.1 Å². The van der Waals surface area contributed by atoms with Gasteiger partial charge in [0.05, 0.1) is 25.5 Å². The number of carbonyl (C=O) groups excluding carboxylic acids is 1. The molecule has 0 aromatic heterocycles. The van der Waals surface area contributed by atoms with Crippen LogP contribution in [0.25, 0.3) is 0 Å². The molecule has 25 heavy (non-hydrogen) atoms. The van der Waals surface area contributed by atoms with E-state index >= 15 is 0 Å². The number of anilines is 2. The van der Waals surface area contributed by atoms with Gasteiger partial charge in [0.1, 0.15) is 5.75 Å². The van der Waals surface area contributed by atoms with Crippen molar-refractivity contribution in [2.24, 2.45) is 0 Å². The minimum atomic E-state index is -0.144. The summed E-state index contributed by atoms with van der Waals surface area (Å²) in [6, 6.07) is 13.0. The lowest BCUT2D eigenvalue weighted by Gasteiger charge is -2.29. The first-order chi connectivity index (χ1) is 12.2. The smallest absolute Gasteiger partial charge is 0.255 e. The van der Waals surface area contributed by atoms with Crippen molar-refractivity contribution in [1.29, 1.82) is 0 Å². The van der Waals surface area contributed by atoms with Crippen molar-refractivity contribution in [2.75, 3.05) is 43.1 Å². The quantitative estimate of drug-likeness (QED) is 0.819. The van der Waals surface area contributed by atoms with Crippen LogP contribution < -0.4 is 15.0 Å². The second kappa shape index (κ2) is 8.36. The van der Waals surface area contributed by atoms with Gasteiger partial charge in [-0.2, -0.15) is 0 Å². The minimum Gasteiger partial charge on any atom is -0.494 e. The van der Waals surface area contributed by atoms with Crippen molar-refractivity contribution in [3.63, 3.8) is 0 Å². The Kier molecular flexibility index (Phi) is 5.94. The molecule has 132 valence electrons. The number of rotatable bonds is 5. The zero-order valence-corrected chi connectivity index (χ0v) is 15.7. The molecule has 2 aromatic rings. The van der Waals surface area contributed by atoms with Crippen LogP contribution in [0.4, 0.5) is 11.4 Å². The molecule has 1 N–H and O–H groups in total. The van der Waals surface area contributed by atoms with E-state index in [1.807, 2.05) is 25.1 Å². The van der Waals surface area contributed by atoms with Crippen LogP contribution >= 0.6 is 15.9 Å². The van der Waals surface area contributed by atoms with E-state index in [0.717, 1.165) is 47.9 Å². The molecule has 0 radical (unpaired) electrons. The summed E-state index contributed by atoms with van der Waals surface area (Å²) in [6.07, 6.45) is 0. The van der Waals surface area contributed by atoms with Gasteiger partial charge in [0.25, 0.3) is 5.91 Å². The van der Waals surface area contributed by atoms with Crippen LogP contribution in [0.5, 0.6) is 5.75 Å². The van der Waals surface area contributed by atoms with E-state index in [-0.39, 0.29) is 5.91 Å². The second-order valence-corrected chi connectivity index (χ2v) is 6.53. The first kappa shape index (κ1) is 17.8. The lowest BCUT2D eigenvalue weighted by Crippen LogP contribution is -2.36. The number of benzene rings is 2. The molecule has 0 aliphatic carbocycles. The number of morpholine rings is 1. The molecule has 1 fully saturated rings. The topological polar surface area (TPSA) is 50.8 Å². The minimum absolute atomic E-state index is 0.144. The molecule has 1 aliphatic heterocycles. The van der Waals surface area contributed by atoms with Gasteiger partial charge in [0.15, 0.2) is 0 Å². The van der Waals surface area contributed by atoms with Crippen molar-refractivity contribution in [2.45, 2.75) is 6.92 Å². The molecule has 1 saturated heterocycles. The molecule has 1 amide bonds. The number of halogens is 1. The van der Waals surface area contributed by atoms with Gasteiger partial charge in [0, 0.05) is 28.8 Å². The Bertz CT molecular complexity index is 728. The molecule has 1 aliphatic rings. The average Bonchev–Trinajstić information content (AvgIpc) is 2.63. The Morgan fingerprint density at radius 1 is 1.20 bits per heavy atom. The maximum Gasteiger partial charge on any atom is 0.255 e. The Balaban J connectivity index is 1.67. The van der Waals surface area contributed by atoms with Crippen molar-refractivity contribution in [1.82, 2.24) is 0 Å². The van der Waals surface area contributed by atoms with Crippen LogP contribution in [0.15, 0.2) is 46.9 Å². The normalized spacial score (nSPS) is 14.2. The molecule has 0 saturated carbocycles. The summed E-state index contributed by atoms with van der Waals surface area (Å²) in [4.78, 5) is 14.7. The van der Waals surface area contributed by atoms with Crippen molar-refractivity contribution >= 4 is 33.2 Å². The fourth-order valence-electron chi connectivity index (χ4n) is 2.72. The van der Waals surface area contributed by atoms with E-state index in [4.69, 9.17) is 9.47 Å². The van der Waals surface area contributed by atoms with E-state index < -0.39 is 0 Å². The van der Waals surface area contributed by atoms with E-state index in [0.29, 0.717) is 12.2 Å². The highest BCUT2D eigenvalue weighted by Crippen LogP contribution is 2.30. The third kappa shape index (κ3) is 4.52. The summed E-state index contributed by atoms with van der Waals surface area (Å²) in [5.74, 6) is 0.616. The molecule has 5 nitrogen and oxygen atoms in total. The van der Waals surface area contributed by atoms with Gasteiger partial charge < -0.3 is 19.7 Å². The predicted octanol–water partition coefficient (Wildman–Crippen LogP) is 3.94. The Morgan fingerprint density at radius 3 is 2.56 bits per heavy atom. The highest BCUT2D eigenvalue weighted by molar-refractivity contribution is 9.10. The predicted molar refractivity (Wildman–Crippen MR) is 103 cm³/mol. The standard InChI is InChI=1S/C19H21BrN2O3/c1-2-25-16-6-3-14(4-7-16)19(23)21-15-5-8-18(17(20)13-15)22-9-11-24-12-10-22/h3-8,13H,2,9-12H2,1H3,(H,21,23). The van der Waals surface area contributed by atoms with Crippen molar-refractivity contribution < 1.29 is 14.3 Å². The van der Waals surface area contributed by atoms with Gasteiger partial charge in [0.2, 0.25) is 0 Å².